The fourth-order valence-electron chi connectivity index (χ4n) is 2.20. The van der Waals surface area contributed by atoms with Gasteiger partial charge in [-0.25, -0.2) is 13.6 Å². The van der Waals surface area contributed by atoms with Gasteiger partial charge in [0.25, 0.3) is 5.91 Å². The average molecular weight is 333 g/mol. The lowest BCUT2D eigenvalue weighted by atomic mass is 10.0. The van der Waals surface area contributed by atoms with Crippen LogP contribution in [0.15, 0.2) is 42.5 Å². The number of rotatable bonds is 5. The van der Waals surface area contributed by atoms with Crippen molar-refractivity contribution < 1.29 is 23.1 Å². The molecule has 1 amide bonds. The van der Waals surface area contributed by atoms with Crippen molar-refractivity contribution >= 4 is 17.6 Å². The first kappa shape index (κ1) is 17.6. The molecule has 1 N–H and O–H groups in total. The molecule has 126 valence electrons. The number of carbonyl (C=O) groups excluding carboxylic acids is 2. The molecular formula is C18H17F2NO3. The second-order valence-corrected chi connectivity index (χ2v) is 5.46. The van der Waals surface area contributed by atoms with Gasteiger partial charge in [0, 0.05) is 5.69 Å². The van der Waals surface area contributed by atoms with Gasteiger partial charge in [0.1, 0.15) is 17.2 Å². The standard InChI is InChI=1S/C18H17F2NO3/c1-11(2)12-6-3-4-9-15(12)21-16(22)10-24-18(23)17-13(19)7-5-8-14(17)20/h3-9,11H,10H2,1-2H3,(H,21,22). The predicted molar refractivity (Wildman–Crippen MR) is 85.8 cm³/mol. The summed E-state index contributed by atoms with van der Waals surface area (Å²) in [5, 5.41) is 2.62. The van der Waals surface area contributed by atoms with E-state index in [0.717, 1.165) is 23.8 Å². The summed E-state index contributed by atoms with van der Waals surface area (Å²) in [6.07, 6.45) is 0. The van der Waals surface area contributed by atoms with Crippen LogP contribution in [-0.2, 0) is 9.53 Å². The zero-order chi connectivity index (χ0) is 17.7. The summed E-state index contributed by atoms with van der Waals surface area (Å²) in [5.74, 6) is -3.70. The van der Waals surface area contributed by atoms with Crippen LogP contribution in [0.25, 0.3) is 0 Å². The number of nitrogens with one attached hydrogen (secondary N) is 1. The molecule has 0 aliphatic carbocycles. The van der Waals surface area contributed by atoms with Gasteiger partial charge in [-0.3, -0.25) is 4.79 Å². The van der Waals surface area contributed by atoms with E-state index in [1.54, 1.807) is 12.1 Å². The van der Waals surface area contributed by atoms with Crippen molar-refractivity contribution in [2.75, 3.05) is 11.9 Å². The Morgan fingerprint density at radius 1 is 1.04 bits per heavy atom. The van der Waals surface area contributed by atoms with Gasteiger partial charge in [-0.15, -0.1) is 0 Å². The van der Waals surface area contributed by atoms with Crippen molar-refractivity contribution in [2.24, 2.45) is 0 Å². The van der Waals surface area contributed by atoms with Crippen molar-refractivity contribution in [3.8, 4) is 0 Å². The molecule has 0 atom stereocenters. The van der Waals surface area contributed by atoms with Gasteiger partial charge in [-0.2, -0.15) is 0 Å². The van der Waals surface area contributed by atoms with Crippen LogP contribution in [0.5, 0.6) is 0 Å². The van der Waals surface area contributed by atoms with Gasteiger partial charge < -0.3 is 10.1 Å². The van der Waals surface area contributed by atoms with Crippen LogP contribution in [-0.4, -0.2) is 18.5 Å². The monoisotopic (exact) mass is 333 g/mol. The van der Waals surface area contributed by atoms with Crippen LogP contribution in [0.1, 0.15) is 35.7 Å². The molecule has 0 heterocycles. The fraction of sp³-hybridized carbons (Fsp3) is 0.222. The van der Waals surface area contributed by atoms with Crippen LogP contribution >= 0.6 is 0 Å². The van der Waals surface area contributed by atoms with E-state index < -0.39 is 35.7 Å². The van der Waals surface area contributed by atoms with Crippen LogP contribution in [0.4, 0.5) is 14.5 Å². The molecule has 2 aromatic carbocycles. The quantitative estimate of drug-likeness (QED) is 0.845. The predicted octanol–water partition coefficient (Wildman–Crippen LogP) is 3.88. The maximum absolute atomic E-state index is 13.5. The van der Waals surface area contributed by atoms with E-state index in [2.05, 4.69) is 5.32 Å². The minimum Gasteiger partial charge on any atom is -0.452 e. The smallest absolute Gasteiger partial charge is 0.344 e. The summed E-state index contributed by atoms with van der Waals surface area (Å²) in [4.78, 5) is 23.7. The van der Waals surface area contributed by atoms with Gasteiger partial charge in [-0.1, -0.05) is 38.1 Å². The molecule has 6 heteroatoms. The zero-order valence-corrected chi connectivity index (χ0v) is 13.3. The Morgan fingerprint density at radius 2 is 1.67 bits per heavy atom. The summed E-state index contributed by atoms with van der Waals surface area (Å²) in [5.41, 5.74) is 0.718. The van der Waals surface area contributed by atoms with Crippen LogP contribution in [0.3, 0.4) is 0 Å². The molecule has 0 aliphatic heterocycles. The molecule has 2 rings (SSSR count). The van der Waals surface area contributed by atoms with Crippen LogP contribution < -0.4 is 5.32 Å². The second-order valence-electron chi connectivity index (χ2n) is 5.46. The highest BCUT2D eigenvalue weighted by Crippen LogP contribution is 2.23. The first-order chi connectivity index (χ1) is 11.4. The van der Waals surface area contributed by atoms with Crippen molar-refractivity contribution in [1.82, 2.24) is 0 Å². The third-order valence-corrected chi connectivity index (χ3v) is 3.36. The SMILES string of the molecule is CC(C)c1ccccc1NC(=O)COC(=O)c1c(F)cccc1F. The first-order valence-electron chi connectivity index (χ1n) is 7.40. The number of esters is 1. The Bertz CT molecular complexity index is 739. The van der Waals surface area contributed by atoms with Crippen molar-refractivity contribution in [2.45, 2.75) is 19.8 Å². The number of para-hydroxylation sites is 1. The summed E-state index contributed by atoms with van der Waals surface area (Å²) in [6, 6.07) is 10.2. The van der Waals surface area contributed by atoms with Gasteiger partial charge in [0.15, 0.2) is 6.61 Å². The van der Waals surface area contributed by atoms with Crippen molar-refractivity contribution in [1.29, 1.82) is 0 Å². The average Bonchev–Trinajstić information content (AvgIpc) is 2.53. The molecule has 0 saturated heterocycles. The molecule has 0 spiro atoms. The molecule has 0 unspecified atom stereocenters. The minimum absolute atomic E-state index is 0.191. The summed E-state index contributed by atoms with van der Waals surface area (Å²) in [6.45, 7) is 3.32. The van der Waals surface area contributed by atoms with Gasteiger partial charge in [0.05, 0.1) is 0 Å². The van der Waals surface area contributed by atoms with Gasteiger partial charge in [-0.05, 0) is 29.7 Å². The summed E-state index contributed by atoms with van der Waals surface area (Å²) >= 11 is 0. The number of anilines is 1. The Morgan fingerprint density at radius 3 is 2.29 bits per heavy atom. The Hall–Kier alpha value is -2.76. The largest absolute Gasteiger partial charge is 0.452 e. The summed E-state index contributed by atoms with van der Waals surface area (Å²) in [7, 11) is 0. The van der Waals surface area contributed by atoms with Crippen molar-refractivity contribution in [3.63, 3.8) is 0 Å². The van der Waals surface area contributed by atoms with E-state index in [1.807, 2.05) is 26.0 Å². The first-order valence-corrected chi connectivity index (χ1v) is 7.40. The second kappa shape index (κ2) is 7.68. The molecule has 0 saturated carbocycles. The molecule has 4 nitrogen and oxygen atoms in total. The third-order valence-electron chi connectivity index (χ3n) is 3.36. The molecule has 24 heavy (non-hydrogen) atoms. The number of halogens is 2. The summed E-state index contributed by atoms with van der Waals surface area (Å²) < 4.78 is 31.6. The highest BCUT2D eigenvalue weighted by atomic mass is 19.1. The highest BCUT2D eigenvalue weighted by molar-refractivity contribution is 5.96. The topological polar surface area (TPSA) is 55.4 Å². The highest BCUT2D eigenvalue weighted by Gasteiger charge is 2.19. The number of hydrogen-bond donors (Lipinski definition) is 1. The maximum Gasteiger partial charge on any atom is 0.344 e. The number of carbonyl (C=O) groups is 2. The minimum atomic E-state index is -1.22. The molecule has 2 aromatic rings. The van der Waals surface area contributed by atoms with Crippen molar-refractivity contribution in [3.05, 3.63) is 65.2 Å². The Labute approximate surface area is 138 Å². The molecule has 0 aliphatic rings. The van der Waals surface area contributed by atoms with Crippen LogP contribution in [0, 0.1) is 11.6 Å². The molecule has 0 aromatic heterocycles. The lowest BCUT2D eigenvalue weighted by Crippen LogP contribution is -2.22. The maximum atomic E-state index is 13.5. The van der Waals surface area contributed by atoms with E-state index in [1.165, 1.54) is 0 Å². The van der Waals surface area contributed by atoms with Gasteiger partial charge >= 0.3 is 5.97 Å². The zero-order valence-electron chi connectivity index (χ0n) is 13.3. The van der Waals surface area contributed by atoms with Gasteiger partial charge in [0.2, 0.25) is 0 Å². The third kappa shape index (κ3) is 4.16. The Balaban J connectivity index is 2.00. The van der Waals surface area contributed by atoms with E-state index in [9.17, 15) is 18.4 Å². The normalized spacial score (nSPS) is 10.5. The molecule has 0 radical (unpaired) electrons. The van der Waals surface area contributed by atoms with E-state index in [0.29, 0.717) is 5.69 Å². The van der Waals surface area contributed by atoms with Crippen LogP contribution in [0.2, 0.25) is 0 Å². The van der Waals surface area contributed by atoms with E-state index in [-0.39, 0.29) is 5.92 Å². The van der Waals surface area contributed by atoms with E-state index in [4.69, 9.17) is 4.74 Å². The molecule has 0 bridgehead atoms. The lowest BCUT2D eigenvalue weighted by Gasteiger charge is -2.13. The number of amides is 1. The fourth-order valence-corrected chi connectivity index (χ4v) is 2.20. The molecule has 0 fully saturated rings. The lowest BCUT2D eigenvalue weighted by molar-refractivity contribution is -0.119. The van der Waals surface area contributed by atoms with E-state index >= 15 is 0 Å². The molecular weight excluding hydrogens is 316 g/mol. The number of ether oxygens (including phenoxy) is 1. The number of benzene rings is 2. The number of hydrogen-bond acceptors (Lipinski definition) is 3. The Kier molecular flexibility index (Phi) is 5.63.